The first-order valence-electron chi connectivity index (χ1n) is 7.80. The summed E-state index contributed by atoms with van der Waals surface area (Å²) < 4.78 is 1.89. The van der Waals surface area contributed by atoms with E-state index in [1.54, 1.807) is 0 Å². The van der Waals surface area contributed by atoms with Gasteiger partial charge in [-0.2, -0.15) is 0 Å². The lowest BCUT2D eigenvalue weighted by Gasteiger charge is -2.23. The number of hydrogen-bond donors (Lipinski definition) is 2. The van der Waals surface area contributed by atoms with Crippen molar-refractivity contribution >= 4 is 29.9 Å². The van der Waals surface area contributed by atoms with Gasteiger partial charge in [0.2, 0.25) is 0 Å². The highest BCUT2D eigenvalue weighted by Gasteiger charge is 2.22. The summed E-state index contributed by atoms with van der Waals surface area (Å²) in [6.07, 6.45) is 2.02. The van der Waals surface area contributed by atoms with Crippen molar-refractivity contribution in [2.24, 2.45) is 0 Å². The molecule has 0 saturated carbocycles. The van der Waals surface area contributed by atoms with E-state index in [1.165, 1.54) is 0 Å². The fraction of sp³-hybridized carbons (Fsp3) is 0.438. The van der Waals surface area contributed by atoms with Crippen LogP contribution in [0.25, 0.3) is 0 Å². The van der Waals surface area contributed by atoms with Crippen molar-refractivity contribution in [2.45, 2.75) is 32.4 Å². The van der Waals surface area contributed by atoms with Crippen LogP contribution in [0.3, 0.4) is 0 Å². The average molecular weight is 370 g/mol. The van der Waals surface area contributed by atoms with E-state index in [4.69, 9.17) is 11.6 Å². The van der Waals surface area contributed by atoms with Gasteiger partial charge in [0, 0.05) is 11.6 Å². The van der Waals surface area contributed by atoms with Crippen LogP contribution < -0.4 is 10.6 Å². The number of nitrogens with zero attached hydrogens (tertiary/aromatic N) is 3. The fourth-order valence-corrected chi connectivity index (χ4v) is 2.94. The van der Waals surface area contributed by atoms with Crippen LogP contribution >= 0.6 is 24.0 Å². The molecule has 2 heterocycles. The lowest BCUT2D eigenvalue weighted by molar-refractivity contribution is 0.0945. The summed E-state index contributed by atoms with van der Waals surface area (Å²) >= 11 is 5.85. The van der Waals surface area contributed by atoms with Crippen molar-refractivity contribution in [3.8, 4) is 0 Å². The summed E-state index contributed by atoms with van der Waals surface area (Å²) in [7, 11) is 0. The highest BCUT2D eigenvalue weighted by molar-refractivity contribution is 6.30. The Bertz CT molecular complexity index is 680. The van der Waals surface area contributed by atoms with E-state index < -0.39 is 0 Å². The third-order valence-electron chi connectivity index (χ3n) is 4.16. The summed E-state index contributed by atoms with van der Waals surface area (Å²) in [6, 6.07) is 7.72. The number of carbonyl (C=O) groups is 1. The molecule has 0 bridgehead atoms. The van der Waals surface area contributed by atoms with E-state index in [-0.39, 0.29) is 18.3 Å². The highest BCUT2D eigenvalue weighted by Crippen LogP contribution is 2.20. The molecule has 2 N–H and O–H groups in total. The summed E-state index contributed by atoms with van der Waals surface area (Å²) in [4.78, 5) is 12.3. The van der Waals surface area contributed by atoms with Gasteiger partial charge in [0.15, 0.2) is 5.69 Å². The Hall–Kier alpha value is -1.63. The SMILES string of the molecule is Cc1c(C(=O)NCc2ccc(Cl)cc2)nnn1C1CCNCC1.Cl. The molecule has 0 radical (unpaired) electrons. The molecule has 1 aliphatic heterocycles. The monoisotopic (exact) mass is 369 g/mol. The van der Waals surface area contributed by atoms with Crippen LogP contribution in [0, 0.1) is 6.92 Å². The molecular weight excluding hydrogens is 349 g/mol. The number of amides is 1. The molecule has 2 aromatic rings. The van der Waals surface area contributed by atoms with Crippen molar-refractivity contribution in [3.63, 3.8) is 0 Å². The maximum Gasteiger partial charge on any atom is 0.274 e. The van der Waals surface area contributed by atoms with Gasteiger partial charge in [-0.3, -0.25) is 4.79 Å². The lowest BCUT2D eigenvalue weighted by atomic mass is 10.1. The zero-order valence-corrected chi connectivity index (χ0v) is 15.0. The molecule has 0 atom stereocenters. The predicted molar refractivity (Wildman–Crippen MR) is 95.8 cm³/mol. The smallest absolute Gasteiger partial charge is 0.274 e. The molecule has 24 heavy (non-hydrogen) atoms. The maximum absolute atomic E-state index is 12.3. The molecule has 1 aromatic carbocycles. The van der Waals surface area contributed by atoms with Gasteiger partial charge in [0.25, 0.3) is 5.91 Å². The standard InChI is InChI=1S/C16H20ClN5O.ClH/c1-11-15(20-21-22(11)14-6-8-18-9-7-14)16(23)19-10-12-2-4-13(17)5-3-12;/h2-5,14,18H,6-10H2,1H3,(H,19,23);1H. The van der Waals surface area contributed by atoms with E-state index in [9.17, 15) is 4.79 Å². The molecule has 8 heteroatoms. The van der Waals surface area contributed by atoms with Crippen LogP contribution in [0.2, 0.25) is 5.02 Å². The first-order chi connectivity index (χ1) is 11.1. The molecule has 1 fully saturated rings. The van der Waals surface area contributed by atoms with Gasteiger partial charge in [-0.25, -0.2) is 4.68 Å². The van der Waals surface area contributed by atoms with E-state index in [0.29, 0.717) is 23.3 Å². The lowest BCUT2D eigenvalue weighted by Crippen LogP contribution is -2.30. The normalized spacial score (nSPS) is 14.9. The van der Waals surface area contributed by atoms with E-state index in [2.05, 4.69) is 20.9 Å². The molecule has 1 saturated heterocycles. The number of hydrogen-bond acceptors (Lipinski definition) is 4. The number of piperidine rings is 1. The average Bonchev–Trinajstić information content (AvgIpc) is 2.96. The molecule has 1 aliphatic rings. The highest BCUT2D eigenvalue weighted by atomic mass is 35.5. The minimum absolute atomic E-state index is 0. The molecule has 1 aromatic heterocycles. The summed E-state index contributed by atoms with van der Waals surface area (Å²) in [5.41, 5.74) is 2.22. The molecule has 3 rings (SSSR count). The first kappa shape index (κ1) is 18.7. The van der Waals surface area contributed by atoms with Gasteiger partial charge < -0.3 is 10.6 Å². The molecule has 130 valence electrons. The third kappa shape index (κ3) is 4.26. The zero-order valence-electron chi connectivity index (χ0n) is 13.5. The van der Waals surface area contributed by atoms with Crippen LogP contribution in [0.15, 0.2) is 24.3 Å². The molecule has 1 amide bonds. The Kier molecular flexibility index (Phi) is 6.60. The number of nitrogens with one attached hydrogen (secondary N) is 2. The quantitative estimate of drug-likeness (QED) is 0.868. The van der Waals surface area contributed by atoms with Gasteiger partial charge in [-0.05, 0) is 50.6 Å². The van der Waals surface area contributed by atoms with Crippen LogP contribution in [0.1, 0.15) is 40.6 Å². The van der Waals surface area contributed by atoms with Crippen molar-refractivity contribution in [1.29, 1.82) is 0 Å². The molecule has 0 aliphatic carbocycles. The molecule has 6 nitrogen and oxygen atoms in total. The number of carbonyl (C=O) groups excluding carboxylic acids is 1. The van der Waals surface area contributed by atoms with E-state index in [0.717, 1.165) is 37.2 Å². The van der Waals surface area contributed by atoms with Gasteiger partial charge in [-0.1, -0.05) is 28.9 Å². The van der Waals surface area contributed by atoms with Crippen molar-refractivity contribution in [1.82, 2.24) is 25.6 Å². The number of halogens is 2. The third-order valence-corrected chi connectivity index (χ3v) is 4.42. The van der Waals surface area contributed by atoms with Gasteiger partial charge in [0.05, 0.1) is 11.7 Å². The largest absolute Gasteiger partial charge is 0.347 e. The van der Waals surface area contributed by atoms with Crippen molar-refractivity contribution in [2.75, 3.05) is 13.1 Å². The Labute approximate surface area is 152 Å². The Balaban J connectivity index is 0.00000208. The van der Waals surface area contributed by atoms with Gasteiger partial charge in [-0.15, -0.1) is 17.5 Å². The molecular formula is C16H21Cl2N5O. The topological polar surface area (TPSA) is 71.8 Å². The molecule has 0 unspecified atom stereocenters. The zero-order chi connectivity index (χ0) is 16.2. The predicted octanol–water partition coefficient (Wildman–Crippen LogP) is 2.52. The Morgan fingerprint density at radius 3 is 2.67 bits per heavy atom. The van der Waals surface area contributed by atoms with Gasteiger partial charge >= 0.3 is 0 Å². The minimum atomic E-state index is -0.197. The van der Waals surface area contributed by atoms with E-state index >= 15 is 0 Å². The van der Waals surface area contributed by atoms with Crippen molar-refractivity contribution < 1.29 is 4.79 Å². The second-order valence-corrected chi connectivity index (χ2v) is 6.19. The molecule has 0 spiro atoms. The first-order valence-corrected chi connectivity index (χ1v) is 8.18. The Morgan fingerprint density at radius 1 is 1.33 bits per heavy atom. The van der Waals surface area contributed by atoms with Gasteiger partial charge in [0.1, 0.15) is 0 Å². The summed E-state index contributed by atoms with van der Waals surface area (Å²) in [5, 5.41) is 15.2. The van der Waals surface area contributed by atoms with Crippen LogP contribution in [-0.2, 0) is 6.54 Å². The number of benzene rings is 1. The van der Waals surface area contributed by atoms with Crippen LogP contribution in [0.5, 0.6) is 0 Å². The van der Waals surface area contributed by atoms with Crippen LogP contribution in [0.4, 0.5) is 0 Å². The van der Waals surface area contributed by atoms with E-state index in [1.807, 2.05) is 35.9 Å². The summed E-state index contributed by atoms with van der Waals surface area (Å²) in [6.45, 7) is 4.29. The summed E-state index contributed by atoms with van der Waals surface area (Å²) in [5.74, 6) is -0.197. The Morgan fingerprint density at radius 2 is 2.00 bits per heavy atom. The fourth-order valence-electron chi connectivity index (χ4n) is 2.82. The number of rotatable bonds is 4. The second-order valence-electron chi connectivity index (χ2n) is 5.76. The van der Waals surface area contributed by atoms with Crippen molar-refractivity contribution in [3.05, 3.63) is 46.2 Å². The minimum Gasteiger partial charge on any atom is -0.347 e. The number of aromatic nitrogens is 3. The second kappa shape index (κ2) is 8.46. The maximum atomic E-state index is 12.3. The van der Waals surface area contributed by atoms with Crippen LogP contribution in [-0.4, -0.2) is 34.0 Å².